The predicted octanol–water partition coefficient (Wildman–Crippen LogP) is 1.27. The van der Waals surface area contributed by atoms with E-state index >= 15 is 0 Å². The summed E-state index contributed by atoms with van der Waals surface area (Å²) in [7, 11) is 0. The van der Waals surface area contributed by atoms with Gasteiger partial charge in [0.2, 0.25) is 0 Å². The SMILES string of the molecule is Nc1nc2ccc(Br)cc2[nH]c1=O. The molecule has 1 aromatic carbocycles. The molecule has 2 aromatic rings. The summed E-state index contributed by atoms with van der Waals surface area (Å²) in [4.78, 5) is 17.6. The van der Waals surface area contributed by atoms with Gasteiger partial charge in [0, 0.05) is 4.47 Å². The number of nitrogen functional groups attached to an aromatic ring is 1. The third-order valence-corrected chi connectivity index (χ3v) is 2.17. The number of nitrogens with one attached hydrogen (secondary N) is 1. The third kappa shape index (κ3) is 1.42. The smallest absolute Gasteiger partial charge is 0.290 e. The number of rotatable bonds is 0. The Balaban J connectivity index is 2.89. The number of halogens is 1. The van der Waals surface area contributed by atoms with Gasteiger partial charge in [0.05, 0.1) is 11.0 Å². The number of nitrogens with zero attached hydrogens (tertiary/aromatic N) is 1. The minimum absolute atomic E-state index is 0.00479. The lowest BCUT2D eigenvalue weighted by atomic mass is 10.3. The van der Waals surface area contributed by atoms with E-state index in [1.807, 2.05) is 6.07 Å². The normalized spacial score (nSPS) is 10.5. The van der Waals surface area contributed by atoms with Gasteiger partial charge >= 0.3 is 0 Å². The molecule has 0 aliphatic carbocycles. The lowest BCUT2D eigenvalue weighted by molar-refractivity contribution is 1.23. The summed E-state index contributed by atoms with van der Waals surface area (Å²) in [6, 6.07) is 5.40. The molecule has 0 amide bonds. The van der Waals surface area contributed by atoms with Crippen LogP contribution in [0.5, 0.6) is 0 Å². The van der Waals surface area contributed by atoms with Gasteiger partial charge in [0.1, 0.15) is 0 Å². The Bertz CT molecular complexity index is 520. The summed E-state index contributed by atoms with van der Waals surface area (Å²) in [5, 5.41) is 0. The van der Waals surface area contributed by atoms with Crippen molar-refractivity contribution in [3.05, 3.63) is 33.0 Å². The minimum atomic E-state index is -0.356. The molecule has 2 rings (SSSR count). The molecule has 1 heterocycles. The van der Waals surface area contributed by atoms with E-state index in [4.69, 9.17) is 5.73 Å². The molecule has 0 aliphatic heterocycles. The molecule has 66 valence electrons. The average Bonchev–Trinajstić information content (AvgIpc) is 2.08. The van der Waals surface area contributed by atoms with Gasteiger partial charge in [-0.1, -0.05) is 15.9 Å². The second-order valence-corrected chi connectivity index (χ2v) is 3.53. The molecule has 0 bridgehead atoms. The minimum Gasteiger partial charge on any atom is -0.379 e. The standard InChI is InChI=1S/C8H6BrN3O/c9-4-1-2-5-6(3-4)12-8(13)7(10)11-5/h1-3H,(H2,10,11)(H,12,13). The van der Waals surface area contributed by atoms with Gasteiger partial charge in [-0.15, -0.1) is 0 Å². The fourth-order valence-corrected chi connectivity index (χ4v) is 1.43. The molecular formula is C8H6BrN3O. The number of aromatic amines is 1. The van der Waals surface area contributed by atoms with Crippen molar-refractivity contribution in [2.24, 2.45) is 0 Å². The summed E-state index contributed by atoms with van der Waals surface area (Å²) in [5.74, 6) is -0.00479. The number of hydrogen-bond acceptors (Lipinski definition) is 3. The van der Waals surface area contributed by atoms with E-state index in [9.17, 15) is 4.79 Å². The van der Waals surface area contributed by atoms with E-state index < -0.39 is 0 Å². The fourth-order valence-electron chi connectivity index (χ4n) is 1.07. The maximum Gasteiger partial charge on any atom is 0.290 e. The van der Waals surface area contributed by atoms with Crippen molar-refractivity contribution in [2.45, 2.75) is 0 Å². The summed E-state index contributed by atoms with van der Waals surface area (Å²) in [6.07, 6.45) is 0. The van der Waals surface area contributed by atoms with Crippen LogP contribution in [0.1, 0.15) is 0 Å². The van der Waals surface area contributed by atoms with Crippen LogP contribution < -0.4 is 11.3 Å². The molecule has 0 saturated heterocycles. The van der Waals surface area contributed by atoms with Crippen LogP contribution in [0.2, 0.25) is 0 Å². The lowest BCUT2D eigenvalue weighted by Crippen LogP contribution is -2.13. The monoisotopic (exact) mass is 239 g/mol. The van der Waals surface area contributed by atoms with Crippen LogP contribution in [0, 0.1) is 0 Å². The van der Waals surface area contributed by atoms with Crippen LogP contribution in [0.25, 0.3) is 11.0 Å². The zero-order valence-electron chi connectivity index (χ0n) is 6.54. The van der Waals surface area contributed by atoms with E-state index in [-0.39, 0.29) is 11.4 Å². The molecule has 0 aliphatic rings. The van der Waals surface area contributed by atoms with Gasteiger partial charge in [-0.2, -0.15) is 0 Å². The Hall–Kier alpha value is -1.36. The average molecular weight is 240 g/mol. The largest absolute Gasteiger partial charge is 0.379 e. The predicted molar refractivity (Wildman–Crippen MR) is 54.5 cm³/mol. The number of anilines is 1. The first-order valence-electron chi connectivity index (χ1n) is 3.62. The second-order valence-electron chi connectivity index (χ2n) is 2.61. The first-order valence-corrected chi connectivity index (χ1v) is 4.41. The van der Waals surface area contributed by atoms with Gasteiger partial charge in [0.15, 0.2) is 5.82 Å². The molecule has 0 spiro atoms. The summed E-state index contributed by atoms with van der Waals surface area (Å²) in [5.41, 5.74) is 6.36. The molecule has 0 radical (unpaired) electrons. The van der Waals surface area contributed by atoms with Crippen LogP contribution in [0.3, 0.4) is 0 Å². The van der Waals surface area contributed by atoms with E-state index in [1.54, 1.807) is 12.1 Å². The van der Waals surface area contributed by atoms with Crippen molar-refractivity contribution in [1.29, 1.82) is 0 Å². The van der Waals surface area contributed by atoms with Crippen LogP contribution in [-0.2, 0) is 0 Å². The maximum atomic E-state index is 11.1. The van der Waals surface area contributed by atoms with Crippen molar-refractivity contribution in [1.82, 2.24) is 9.97 Å². The first-order chi connectivity index (χ1) is 6.16. The van der Waals surface area contributed by atoms with Crippen LogP contribution in [0.15, 0.2) is 27.5 Å². The topological polar surface area (TPSA) is 71.8 Å². The maximum absolute atomic E-state index is 11.1. The molecule has 0 saturated carbocycles. The van der Waals surface area contributed by atoms with E-state index in [0.29, 0.717) is 11.0 Å². The number of H-pyrrole nitrogens is 1. The fraction of sp³-hybridized carbons (Fsp3) is 0. The molecule has 0 fully saturated rings. The van der Waals surface area contributed by atoms with Crippen LogP contribution in [0.4, 0.5) is 5.82 Å². The van der Waals surface area contributed by atoms with Crippen molar-refractivity contribution in [3.8, 4) is 0 Å². The Morgan fingerprint density at radius 1 is 1.46 bits per heavy atom. The van der Waals surface area contributed by atoms with Crippen molar-refractivity contribution < 1.29 is 0 Å². The highest BCUT2D eigenvalue weighted by Gasteiger charge is 2.00. The quantitative estimate of drug-likeness (QED) is 0.728. The van der Waals surface area contributed by atoms with Crippen LogP contribution in [-0.4, -0.2) is 9.97 Å². The summed E-state index contributed by atoms with van der Waals surface area (Å²) < 4.78 is 0.891. The Morgan fingerprint density at radius 3 is 3.00 bits per heavy atom. The molecule has 13 heavy (non-hydrogen) atoms. The summed E-state index contributed by atoms with van der Waals surface area (Å²) in [6.45, 7) is 0. The molecule has 0 atom stereocenters. The highest BCUT2D eigenvalue weighted by atomic mass is 79.9. The van der Waals surface area contributed by atoms with Crippen LogP contribution >= 0.6 is 15.9 Å². The zero-order chi connectivity index (χ0) is 9.42. The number of aromatic nitrogens is 2. The molecule has 5 heteroatoms. The molecular weight excluding hydrogens is 234 g/mol. The van der Waals surface area contributed by atoms with E-state index in [0.717, 1.165) is 4.47 Å². The van der Waals surface area contributed by atoms with Gasteiger partial charge < -0.3 is 10.7 Å². The Kier molecular flexibility index (Phi) is 1.81. The Labute approximate surface area is 81.9 Å². The van der Waals surface area contributed by atoms with Gasteiger partial charge in [-0.25, -0.2) is 4.98 Å². The second kappa shape index (κ2) is 2.85. The molecule has 1 aromatic heterocycles. The van der Waals surface area contributed by atoms with Gasteiger partial charge in [0.25, 0.3) is 5.56 Å². The van der Waals surface area contributed by atoms with E-state index in [1.165, 1.54) is 0 Å². The first kappa shape index (κ1) is 8.25. The summed E-state index contributed by atoms with van der Waals surface area (Å²) >= 11 is 3.29. The van der Waals surface area contributed by atoms with E-state index in [2.05, 4.69) is 25.9 Å². The number of benzene rings is 1. The lowest BCUT2D eigenvalue weighted by Gasteiger charge is -1.98. The van der Waals surface area contributed by atoms with Gasteiger partial charge in [-0.05, 0) is 18.2 Å². The van der Waals surface area contributed by atoms with Crippen molar-refractivity contribution in [3.63, 3.8) is 0 Å². The molecule has 3 N–H and O–H groups in total. The molecule has 0 unspecified atom stereocenters. The van der Waals surface area contributed by atoms with Gasteiger partial charge in [-0.3, -0.25) is 4.79 Å². The number of nitrogens with two attached hydrogens (primary N) is 1. The molecule has 4 nitrogen and oxygen atoms in total. The zero-order valence-corrected chi connectivity index (χ0v) is 8.13. The Morgan fingerprint density at radius 2 is 2.23 bits per heavy atom. The highest BCUT2D eigenvalue weighted by Crippen LogP contribution is 2.15. The number of hydrogen-bond donors (Lipinski definition) is 2. The van der Waals surface area contributed by atoms with Crippen molar-refractivity contribution >= 4 is 32.8 Å². The number of fused-ring (bicyclic) bond motifs is 1. The highest BCUT2D eigenvalue weighted by molar-refractivity contribution is 9.10. The third-order valence-electron chi connectivity index (χ3n) is 1.68. The van der Waals surface area contributed by atoms with Crippen molar-refractivity contribution in [2.75, 3.05) is 5.73 Å².